The Bertz CT molecular complexity index is 4730. The summed E-state index contributed by atoms with van der Waals surface area (Å²) in [7, 11) is 0. The fraction of sp³-hybridized carbons (Fsp3) is 0.364. The quantitative estimate of drug-likeness (QED) is 0.0305. The summed E-state index contributed by atoms with van der Waals surface area (Å²) in [6, 6.07) is 44.3. The van der Waals surface area contributed by atoms with E-state index >= 15 is 0 Å². The summed E-state index contributed by atoms with van der Waals surface area (Å²) in [6.45, 7) is 28.5. The average Bonchev–Trinajstić information content (AvgIpc) is 1.60. The minimum atomic E-state index is 0.587. The van der Waals surface area contributed by atoms with Crippen molar-refractivity contribution in [3.05, 3.63) is 188 Å². The highest BCUT2D eigenvalue weighted by Gasteiger charge is 2.25. The Balaban J connectivity index is 0.817. The van der Waals surface area contributed by atoms with Crippen LogP contribution in [0.5, 0.6) is 23.0 Å². The van der Waals surface area contributed by atoms with E-state index in [1.807, 2.05) is 47.0 Å². The Morgan fingerprint density at radius 1 is 0.250 bits per heavy atom. The molecule has 8 bridgehead atoms. The number of nitrogens with zero attached hydrogens (tertiary/aromatic N) is 6. The van der Waals surface area contributed by atoms with Crippen molar-refractivity contribution >= 4 is 91.2 Å². The molecule has 104 heavy (non-hydrogen) atoms. The maximum Gasteiger partial charge on any atom is 0.164 e. The Kier molecular flexibility index (Phi) is 24.4. The van der Waals surface area contributed by atoms with Crippen LogP contribution in [0.4, 0.5) is 0 Å². The van der Waals surface area contributed by atoms with Gasteiger partial charge < -0.3 is 28.9 Å². The third kappa shape index (κ3) is 18.0. The van der Waals surface area contributed by atoms with Crippen molar-refractivity contribution < 1.29 is 18.9 Å². The molecule has 11 aromatic rings. The van der Waals surface area contributed by atoms with E-state index in [0.717, 1.165) is 177 Å². The zero-order chi connectivity index (χ0) is 72.4. The van der Waals surface area contributed by atoms with Gasteiger partial charge in [-0.2, -0.15) is 0 Å². The van der Waals surface area contributed by atoms with Gasteiger partial charge in [-0.05, 0) is 300 Å². The molecule has 0 aliphatic carbocycles. The second kappa shape index (κ2) is 34.3. The summed E-state index contributed by atoms with van der Waals surface area (Å²) >= 11 is 7.48. The van der Waals surface area contributed by atoms with Crippen LogP contribution in [0.3, 0.4) is 0 Å². The van der Waals surface area contributed by atoms with Crippen molar-refractivity contribution in [2.45, 2.75) is 180 Å². The lowest BCUT2D eigenvalue weighted by atomic mass is 10.1. The lowest BCUT2D eigenvalue weighted by Crippen LogP contribution is -2.01. The largest absolute Gasteiger partial charge is 0.493 e. The van der Waals surface area contributed by atoms with Gasteiger partial charge in [0.25, 0.3) is 0 Å². The van der Waals surface area contributed by atoms with Crippen molar-refractivity contribution in [2.75, 3.05) is 49.4 Å². The number of aryl methyl sites for hydroxylation is 12. The highest BCUT2D eigenvalue weighted by molar-refractivity contribution is 8.00. The molecular formula is C88H98N8O4S4. The van der Waals surface area contributed by atoms with Gasteiger partial charge in [-0.15, -0.1) is 47.0 Å². The summed E-state index contributed by atoms with van der Waals surface area (Å²) in [5.41, 5.74) is 21.1. The molecule has 0 saturated heterocycles. The standard InChI is InChI=1S/C88H98N8O4S4/c1-53-41-57(5)77(58(6)42-53)97-33-17-13-21-37-101-65-25-29-69-73(49-65)85-89-81(69)94-86-75-51-67(103-39-23-15-19-35-99-79-61(9)45-55(3)46-62(79)10)27-31-71(75)83(91-86)96-88-76-52-68(104-40-24-16-20-36-100-80-63(11)47-56(4)48-64(80)12)28-32-72(76)84(92-88)95-87-74-50-66(26-30-70(74)82(90-87)93-85)102-38-22-14-18-34-98-78-59(7)43-54(2)44-60(78)8/h25-32,41-52H,13-24,33-40H2,1-12H3,(H2,89,90,91,92,93,94,95,96). The number of fused-ring (bicyclic) bond motifs is 20. The van der Waals surface area contributed by atoms with Gasteiger partial charge >= 0.3 is 0 Å². The molecule has 0 amide bonds. The van der Waals surface area contributed by atoms with Crippen LogP contribution in [0.15, 0.2) is 141 Å². The average molecular weight is 1460 g/mol. The van der Waals surface area contributed by atoms with Crippen LogP contribution >= 0.6 is 47.0 Å². The zero-order valence-corrected chi connectivity index (χ0v) is 65.9. The monoisotopic (exact) mass is 1460 g/mol. The maximum absolute atomic E-state index is 6.33. The summed E-state index contributed by atoms with van der Waals surface area (Å²) in [5, 5.41) is 3.82. The molecule has 2 aliphatic heterocycles. The molecule has 0 radical (unpaired) electrons. The molecule has 538 valence electrons. The van der Waals surface area contributed by atoms with Crippen molar-refractivity contribution in [3.63, 3.8) is 0 Å². The number of rotatable bonds is 32. The summed E-state index contributed by atoms with van der Waals surface area (Å²) < 4.78 is 25.3. The Hall–Kier alpha value is -8.28. The Morgan fingerprint density at radius 2 is 0.500 bits per heavy atom. The number of H-pyrrole nitrogens is 2. The Morgan fingerprint density at radius 3 is 0.788 bits per heavy atom. The van der Waals surface area contributed by atoms with E-state index in [1.165, 1.54) is 76.6 Å². The molecule has 16 heteroatoms. The van der Waals surface area contributed by atoms with Crippen molar-refractivity contribution in [2.24, 2.45) is 0 Å². The van der Waals surface area contributed by atoms with Crippen molar-refractivity contribution in [3.8, 4) is 68.5 Å². The fourth-order valence-electron chi connectivity index (χ4n) is 14.6. The van der Waals surface area contributed by atoms with Crippen molar-refractivity contribution in [1.82, 2.24) is 39.9 Å². The van der Waals surface area contributed by atoms with E-state index in [4.69, 9.17) is 48.9 Å². The van der Waals surface area contributed by atoms with Crippen LogP contribution in [0.2, 0.25) is 0 Å². The molecule has 0 spiro atoms. The number of aromatic nitrogens is 8. The third-order valence-electron chi connectivity index (χ3n) is 19.4. The predicted octanol–water partition coefficient (Wildman–Crippen LogP) is 23.9. The highest BCUT2D eigenvalue weighted by Crippen LogP contribution is 2.42. The van der Waals surface area contributed by atoms with Gasteiger partial charge in [-0.3, -0.25) is 0 Å². The van der Waals surface area contributed by atoms with Gasteiger partial charge in [0.05, 0.1) is 26.4 Å². The lowest BCUT2D eigenvalue weighted by molar-refractivity contribution is 0.302. The first-order valence-electron chi connectivity index (χ1n) is 37.2. The molecule has 0 saturated carbocycles. The molecule has 8 aromatic carbocycles. The first-order chi connectivity index (χ1) is 50.5. The number of hydrogen-bond donors (Lipinski definition) is 2. The third-order valence-corrected chi connectivity index (χ3v) is 23.7. The molecule has 13 rings (SSSR count). The van der Waals surface area contributed by atoms with Crippen LogP contribution in [0.1, 0.15) is 144 Å². The van der Waals surface area contributed by atoms with Crippen LogP contribution in [0, 0.1) is 83.1 Å². The second-order valence-corrected chi connectivity index (χ2v) is 33.1. The Labute approximate surface area is 631 Å². The van der Waals surface area contributed by atoms with Crippen molar-refractivity contribution in [1.29, 1.82) is 0 Å². The number of ether oxygens (including phenoxy) is 4. The van der Waals surface area contributed by atoms with Gasteiger partial charge in [0, 0.05) is 63.4 Å². The number of benzene rings is 8. The van der Waals surface area contributed by atoms with Crippen LogP contribution in [-0.2, 0) is 0 Å². The van der Waals surface area contributed by atoms with E-state index in [-0.39, 0.29) is 0 Å². The summed E-state index contributed by atoms with van der Waals surface area (Å²) in [6.07, 6.45) is 12.6. The number of unbranched alkanes of at least 4 members (excludes halogenated alkanes) is 8. The van der Waals surface area contributed by atoms with Gasteiger partial charge in [-0.1, -0.05) is 70.8 Å². The zero-order valence-electron chi connectivity index (χ0n) is 62.6. The molecule has 12 nitrogen and oxygen atoms in total. The predicted molar refractivity (Wildman–Crippen MR) is 439 cm³/mol. The minimum Gasteiger partial charge on any atom is -0.493 e. The molecule has 2 aliphatic rings. The minimum absolute atomic E-state index is 0.587. The number of nitrogens with one attached hydrogen (secondary N) is 2. The first kappa shape index (κ1) is 74.0. The molecule has 2 N–H and O–H groups in total. The first-order valence-corrected chi connectivity index (χ1v) is 41.1. The summed E-state index contributed by atoms with van der Waals surface area (Å²) in [4.78, 5) is 45.0. The molecule has 0 unspecified atom stereocenters. The van der Waals surface area contributed by atoms with E-state index in [1.54, 1.807) is 0 Å². The van der Waals surface area contributed by atoms with Gasteiger partial charge in [0.2, 0.25) is 0 Å². The van der Waals surface area contributed by atoms with Gasteiger partial charge in [0.15, 0.2) is 23.3 Å². The van der Waals surface area contributed by atoms with Crippen LogP contribution in [0.25, 0.3) is 89.7 Å². The molecule has 0 atom stereocenters. The van der Waals surface area contributed by atoms with E-state index in [9.17, 15) is 0 Å². The van der Waals surface area contributed by atoms with Crippen LogP contribution < -0.4 is 18.9 Å². The normalized spacial score (nSPS) is 11.8. The van der Waals surface area contributed by atoms with E-state index in [0.29, 0.717) is 72.3 Å². The topological polar surface area (TPSA) is 146 Å². The highest BCUT2D eigenvalue weighted by atomic mass is 32.2. The molecule has 3 aromatic heterocycles. The number of aromatic amines is 2. The van der Waals surface area contributed by atoms with Gasteiger partial charge in [-0.25, -0.2) is 29.9 Å². The summed E-state index contributed by atoms with van der Waals surface area (Å²) in [5.74, 6) is 10.3. The van der Waals surface area contributed by atoms with Crippen LogP contribution in [-0.4, -0.2) is 89.3 Å². The maximum atomic E-state index is 6.33. The van der Waals surface area contributed by atoms with E-state index < -0.39 is 0 Å². The molecular weight excluding hydrogens is 1360 g/mol. The van der Waals surface area contributed by atoms with Gasteiger partial charge in [0.1, 0.15) is 45.6 Å². The second-order valence-electron chi connectivity index (χ2n) is 28.4. The van der Waals surface area contributed by atoms with E-state index in [2.05, 4.69) is 214 Å². The smallest absolute Gasteiger partial charge is 0.164 e. The fourth-order valence-corrected chi connectivity index (χ4v) is 18.4. The number of thioether (sulfide) groups is 4. The molecule has 0 fully saturated rings. The SMILES string of the molecule is Cc1cc(C)c(OCCCCCSc2ccc3c(c2)-c2nc-3nc3[nH]c(nc4nc(nc5[nH]c(n2)c2ccc(SCCCCCOc6c(C)cc(C)cc6C)cc52)-c2ccc(SCCCCCOc5c(C)cc(C)cc5C)cc2-4)c2ccc(SCCCCCOc4c(C)cc(C)cc4C)cc32)c(C)c1. The lowest BCUT2D eigenvalue weighted by Gasteiger charge is -2.13. The number of hydrogen-bond acceptors (Lipinski definition) is 14. The molecule has 5 heterocycles.